The first-order chi connectivity index (χ1) is 24.4. The molecule has 51 heavy (non-hydrogen) atoms. The van der Waals surface area contributed by atoms with E-state index in [9.17, 15) is 19.5 Å². The third-order valence-corrected chi connectivity index (χ3v) is 9.40. The van der Waals surface area contributed by atoms with Crippen LogP contribution in [0.4, 0.5) is 5.69 Å². The van der Waals surface area contributed by atoms with Gasteiger partial charge in [0.2, 0.25) is 17.7 Å². The fourth-order valence-electron chi connectivity index (χ4n) is 5.60. The highest BCUT2D eigenvalue weighted by molar-refractivity contribution is 7.97. The molecule has 0 saturated heterocycles. The van der Waals surface area contributed by atoms with Crippen molar-refractivity contribution in [3.8, 4) is 22.5 Å². The Balaban J connectivity index is 1.38. The second-order valence-corrected chi connectivity index (χ2v) is 14.7. The van der Waals surface area contributed by atoms with Gasteiger partial charge in [-0.2, -0.15) is 0 Å². The van der Waals surface area contributed by atoms with Crippen LogP contribution in [0.5, 0.6) is 0 Å². The van der Waals surface area contributed by atoms with Crippen LogP contribution in [0.2, 0.25) is 0 Å². The molecule has 1 aliphatic rings. The molecule has 13 nitrogen and oxygen atoms in total. The average molecular weight is 725 g/mol. The molecule has 0 aliphatic carbocycles. The van der Waals surface area contributed by atoms with E-state index in [1.807, 2.05) is 83.1 Å². The van der Waals surface area contributed by atoms with Crippen molar-refractivity contribution in [3.63, 3.8) is 0 Å². The monoisotopic (exact) mass is 724 g/mol. The summed E-state index contributed by atoms with van der Waals surface area (Å²) in [6, 6.07) is 15.1. The molecule has 0 radical (unpaired) electrons. The normalized spacial score (nSPS) is 13.4. The summed E-state index contributed by atoms with van der Waals surface area (Å²) in [7, 11) is 1.58. The number of hydrogen-bond donors (Lipinski definition) is 3. The van der Waals surface area contributed by atoms with Gasteiger partial charge in [0.25, 0.3) is 0 Å². The summed E-state index contributed by atoms with van der Waals surface area (Å²) in [6.45, 7) is 11.5. The maximum Gasteiger partial charge on any atom is 0.235 e. The number of rotatable bonds is 19. The zero-order chi connectivity index (χ0) is 37.0. The van der Waals surface area contributed by atoms with E-state index in [4.69, 9.17) is 14.2 Å². The average Bonchev–Trinajstić information content (AvgIpc) is 3.54. The molecule has 278 valence electrons. The first kappa shape index (κ1) is 40.0. The standard InChI is InChI=1S/C37H52N6O7S/c1-7-51-40-35(47)36(2,3)19-21-50-37(4,5)18-20-38-30(44)16-17-31(45)42-24-26-12-8-9-13-27(26)34-33(28-14-10-11-15-29(28)42)39-41-43(34)32(46)25-49-23-22-48-6/h8-15,32,46H,7,16-25H2,1-6H3,(H,38,44)(H,40,47). The first-order valence-corrected chi connectivity index (χ1v) is 18.4. The van der Waals surface area contributed by atoms with E-state index in [0.717, 1.165) is 16.9 Å². The summed E-state index contributed by atoms with van der Waals surface area (Å²) < 4.78 is 21.0. The minimum absolute atomic E-state index is 0.00282. The van der Waals surface area contributed by atoms with Crippen molar-refractivity contribution in [2.75, 3.05) is 50.7 Å². The van der Waals surface area contributed by atoms with E-state index in [1.54, 1.807) is 12.0 Å². The highest BCUT2D eigenvalue weighted by Crippen LogP contribution is 2.41. The fourth-order valence-corrected chi connectivity index (χ4v) is 6.16. The highest BCUT2D eigenvalue weighted by atomic mass is 32.2. The predicted octanol–water partition coefficient (Wildman–Crippen LogP) is 4.89. The summed E-state index contributed by atoms with van der Waals surface area (Å²) in [5.74, 6) is 0.354. The molecular weight excluding hydrogens is 673 g/mol. The first-order valence-electron chi connectivity index (χ1n) is 17.4. The van der Waals surface area contributed by atoms with Crippen molar-refractivity contribution in [2.24, 2.45) is 5.41 Å². The SMILES string of the molecule is CCSNC(=O)C(C)(C)CCOC(C)(C)CCNC(=O)CCC(=O)N1Cc2ccccc2-c2c(nnn2C(O)COCCOC)-c2ccccc21. The summed E-state index contributed by atoms with van der Waals surface area (Å²) in [4.78, 5) is 40.9. The van der Waals surface area contributed by atoms with Crippen LogP contribution in [0, 0.1) is 5.41 Å². The molecule has 2 aromatic carbocycles. The van der Waals surface area contributed by atoms with Gasteiger partial charge in [0.1, 0.15) is 11.4 Å². The molecule has 2 heterocycles. The second kappa shape index (κ2) is 18.6. The number of aliphatic hydroxyl groups is 1. The van der Waals surface area contributed by atoms with E-state index < -0.39 is 17.2 Å². The number of aromatic nitrogens is 3. The van der Waals surface area contributed by atoms with Crippen LogP contribution in [0.3, 0.4) is 0 Å². The number of ether oxygens (including phenoxy) is 3. The molecule has 0 bridgehead atoms. The van der Waals surface area contributed by atoms with Crippen LogP contribution in [-0.2, 0) is 35.1 Å². The molecule has 0 saturated carbocycles. The van der Waals surface area contributed by atoms with Crippen molar-refractivity contribution < 1.29 is 33.7 Å². The summed E-state index contributed by atoms with van der Waals surface area (Å²) >= 11 is 1.38. The molecule has 1 aliphatic heterocycles. The molecule has 1 atom stereocenters. The van der Waals surface area contributed by atoms with Crippen LogP contribution in [0.25, 0.3) is 22.5 Å². The maximum absolute atomic E-state index is 13.9. The number of nitrogens with zero attached hydrogens (tertiary/aromatic N) is 4. The van der Waals surface area contributed by atoms with E-state index in [0.29, 0.717) is 61.8 Å². The number of aliphatic hydroxyl groups excluding tert-OH is 1. The number of carbonyl (C=O) groups excluding carboxylic acids is 3. The highest BCUT2D eigenvalue weighted by Gasteiger charge is 2.31. The van der Waals surface area contributed by atoms with E-state index in [1.165, 1.54) is 16.6 Å². The molecule has 1 unspecified atom stereocenters. The lowest BCUT2D eigenvalue weighted by Gasteiger charge is -2.29. The van der Waals surface area contributed by atoms with Crippen LogP contribution in [0.1, 0.15) is 72.1 Å². The molecule has 3 aromatic rings. The Morgan fingerprint density at radius 1 is 0.980 bits per heavy atom. The topological polar surface area (TPSA) is 157 Å². The van der Waals surface area contributed by atoms with Gasteiger partial charge in [-0.25, -0.2) is 4.68 Å². The van der Waals surface area contributed by atoms with Crippen molar-refractivity contribution in [1.29, 1.82) is 0 Å². The van der Waals surface area contributed by atoms with Crippen molar-refractivity contribution in [1.82, 2.24) is 25.0 Å². The molecule has 3 amide bonds. The lowest BCUT2D eigenvalue weighted by Crippen LogP contribution is -2.37. The van der Waals surface area contributed by atoms with Crippen molar-refractivity contribution >= 4 is 35.4 Å². The minimum Gasteiger partial charge on any atom is -0.382 e. The summed E-state index contributed by atoms with van der Waals surface area (Å²) in [5.41, 5.74) is 3.03. The number of hydrogen-bond acceptors (Lipinski definition) is 10. The summed E-state index contributed by atoms with van der Waals surface area (Å²) in [6.07, 6.45) is 0.0688. The Hall–Kier alpha value is -3.82. The van der Waals surface area contributed by atoms with Crippen LogP contribution >= 0.6 is 11.9 Å². The van der Waals surface area contributed by atoms with Crippen molar-refractivity contribution in [3.05, 3.63) is 54.1 Å². The molecule has 4 rings (SSSR count). The summed E-state index contributed by atoms with van der Waals surface area (Å²) in [5, 5.41) is 22.8. The van der Waals surface area contributed by atoms with Crippen LogP contribution in [0.15, 0.2) is 48.5 Å². The quantitative estimate of drug-likeness (QED) is 0.115. The molecular formula is C37H52N6O7S. The lowest BCUT2D eigenvalue weighted by molar-refractivity contribution is -0.129. The number of nitrogens with one attached hydrogen (secondary N) is 2. The Morgan fingerprint density at radius 2 is 1.71 bits per heavy atom. The number of anilines is 1. The third-order valence-electron chi connectivity index (χ3n) is 8.79. The van der Waals surface area contributed by atoms with Crippen molar-refractivity contribution in [2.45, 2.75) is 78.7 Å². The number of methoxy groups -OCH3 is 1. The zero-order valence-electron chi connectivity index (χ0n) is 30.6. The molecule has 3 N–H and O–H groups in total. The minimum atomic E-state index is -1.10. The lowest BCUT2D eigenvalue weighted by atomic mass is 9.89. The van der Waals surface area contributed by atoms with Crippen LogP contribution < -0.4 is 14.9 Å². The Kier molecular flexibility index (Phi) is 14.6. The number of para-hydroxylation sites is 1. The van der Waals surface area contributed by atoms with Gasteiger partial charge in [-0.05, 0) is 38.3 Å². The largest absolute Gasteiger partial charge is 0.382 e. The van der Waals surface area contributed by atoms with E-state index in [2.05, 4.69) is 20.4 Å². The zero-order valence-corrected chi connectivity index (χ0v) is 31.4. The predicted molar refractivity (Wildman–Crippen MR) is 198 cm³/mol. The molecule has 0 fully saturated rings. The van der Waals surface area contributed by atoms with Gasteiger partial charge >= 0.3 is 0 Å². The van der Waals surface area contributed by atoms with Gasteiger partial charge in [0, 0.05) is 55.4 Å². The molecule has 0 spiro atoms. The van der Waals surface area contributed by atoms with Gasteiger partial charge < -0.3 is 29.5 Å². The second-order valence-electron chi connectivity index (χ2n) is 13.6. The Morgan fingerprint density at radius 3 is 2.45 bits per heavy atom. The van der Waals surface area contributed by atoms with Gasteiger partial charge in [-0.1, -0.05) is 80.4 Å². The number of carbonyl (C=O) groups is 3. The fraction of sp³-hybridized carbons (Fsp3) is 0.541. The third kappa shape index (κ3) is 10.8. The maximum atomic E-state index is 13.9. The van der Waals surface area contributed by atoms with Gasteiger partial charge in [-0.15, -0.1) is 5.10 Å². The van der Waals surface area contributed by atoms with Gasteiger partial charge in [0.05, 0.1) is 37.7 Å². The number of amides is 3. The van der Waals surface area contributed by atoms with E-state index in [-0.39, 0.29) is 43.7 Å². The van der Waals surface area contributed by atoms with E-state index >= 15 is 0 Å². The van der Waals surface area contributed by atoms with Gasteiger partial charge in [0.15, 0.2) is 6.23 Å². The Bertz CT molecular complexity index is 1630. The van der Waals surface area contributed by atoms with Crippen LogP contribution in [-0.4, -0.2) is 89.3 Å². The smallest absolute Gasteiger partial charge is 0.235 e. The number of benzene rings is 2. The Labute approximate surface area is 304 Å². The van der Waals surface area contributed by atoms with Gasteiger partial charge in [-0.3, -0.25) is 19.1 Å². The number of fused-ring (bicyclic) bond motifs is 5. The molecule has 14 heteroatoms. The molecule has 1 aromatic heterocycles.